The van der Waals surface area contributed by atoms with Gasteiger partial charge in [-0.15, -0.1) is 0 Å². The minimum atomic E-state index is -0.115. The third-order valence-electron chi connectivity index (χ3n) is 4.70. The lowest BCUT2D eigenvalue weighted by Crippen LogP contribution is -2.35. The monoisotopic (exact) mass is 358 g/mol. The molecule has 7 nitrogen and oxygen atoms in total. The molecule has 1 saturated heterocycles. The number of nitrogens with two attached hydrogens (primary N) is 1. The fourth-order valence-electron chi connectivity index (χ4n) is 3.29. The Hall–Kier alpha value is -2.38. The molecule has 0 aliphatic carbocycles. The summed E-state index contributed by atoms with van der Waals surface area (Å²) in [5.74, 6) is 0.692. The van der Waals surface area contributed by atoms with Gasteiger partial charge in [-0.25, -0.2) is 4.68 Å². The third-order valence-corrected chi connectivity index (χ3v) is 4.70. The maximum absolute atomic E-state index is 13.1. The molecule has 140 valence electrons. The molecule has 2 aromatic rings. The van der Waals surface area contributed by atoms with Crippen LogP contribution in [0.4, 0.5) is 0 Å². The zero-order valence-electron chi connectivity index (χ0n) is 15.3. The van der Waals surface area contributed by atoms with Gasteiger partial charge < -0.3 is 20.1 Å². The van der Waals surface area contributed by atoms with Crippen molar-refractivity contribution in [2.24, 2.45) is 11.7 Å². The summed E-state index contributed by atoms with van der Waals surface area (Å²) in [6, 6.07) is 9.81. The highest BCUT2D eigenvalue weighted by atomic mass is 16.5. The van der Waals surface area contributed by atoms with E-state index in [1.54, 1.807) is 18.0 Å². The molecular weight excluding hydrogens is 332 g/mol. The van der Waals surface area contributed by atoms with Gasteiger partial charge in [0.25, 0.3) is 5.91 Å². The Morgan fingerprint density at radius 3 is 2.73 bits per heavy atom. The van der Waals surface area contributed by atoms with Gasteiger partial charge in [0.05, 0.1) is 18.5 Å². The molecule has 1 aromatic heterocycles. The number of ether oxygens (including phenoxy) is 2. The van der Waals surface area contributed by atoms with Crippen LogP contribution in [0.1, 0.15) is 23.8 Å². The van der Waals surface area contributed by atoms with E-state index in [4.69, 9.17) is 15.2 Å². The zero-order chi connectivity index (χ0) is 18.5. The van der Waals surface area contributed by atoms with Crippen molar-refractivity contribution in [2.45, 2.75) is 19.4 Å². The molecule has 2 N–H and O–H groups in total. The summed E-state index contributed by atoms with van der Waals surface area (Å²) >= 11 is 0. The molecule has 7 heteroatoms. The summed E-state index contributed by atoms with van der Waals surface area (Å²) in [6.45, 7) is 4.10. The van der Waals surface area contributed by atoms with Crippen LogP contribution in [0, 0.1) is 5.92 Å². The Morgan fingerprint density at radius 1 is 1.31 bits per heavy atom. The Morgan fingerprint density at radius 2 is 2.08 bits per heavy atom. The van der Waals surface area contributed by atoms with Crippen LogP contribution in [0.3, 0.4) is 0 Å². The second-order valence-electron chi connectivity index (χ2n) is 6.61. The highest BCUT2D eigenvalue weighted by Crippen LogP contribution is 2.27. The smallest absolute Gasteiger partial charge is 0.278 e. The number of benzene rings is 1. The average molecular weight is 358 g/mol. The van der Waals surface area contributed by atoms with Crippen LogP contribution >= 0.6 is 0 Å². The minimum absolute atomic E-state index is 0.115. The van der Waals surface area contributed by atoms with Gasteiger partial charge in [-0.05, 0) is 37.9 Å². The van der Waals surface area contributed by atoms with Crippen molar-refractivity contribution >= 4 is 5.91 Å². The first-order valence-corrected chi connectivity index (χ1v) is 8.92. The van der Waals surface area contributed by atoms with Crippen molar-refractivity contribution in [3.05, 3.63) is 42.2 Å². The number of hydrogen-bond acceptors (Lipinski definition) is 5. The van der Waals surface area contributed by atoms with Crippen LogP contribution in [-0.2, 0) is 4.74 Å². The number of para-hydroxylation sites is 1. The molecule has 1 aromatic carbocycles. The molecule has 3 rings (SSSR count). The van der Waals surface area contributed by atoms with Gasteiger partial charge in [0.1, 0.15) is 6.61 Å². The number of likely N-dealkylation sites (tertiary alicyclic amines) is 1. The standard InChI is InChI=1S/C19H26N4O3/c1-14-10-15(11-20)12-22(14)19(24)18-17(26-9-8-25-2)13-23(21-18)16-6-4-3-5-7-16/h3-7,13-15H,8-12,20H2,1-2H3. The number of methoxy groups -OCH3 is 1. The lowest BCUT2D eigenvalue weighted by Gasteiger charge is -2.20. The fourth-order valence-corrected chi connectivity index (χ4v) is 3.29. The second kappa shape index (κ2) is 8.33. The number of amides is 1. The largest absolute Gasteiger partial charge is 0.487 e. The van der Waals surface area contributed by atoms with E-state index >= 15 is 0 Å². The highest BCUT2D eigenvalue weighted by molar-refractivity contribution is 5.95. The van der Waals surface area contributed by atoms with Crippen LogP contribution in [0.25, 0.3) is 5.69 Å². The molecule has 26 heavy (non-hydrogen) atoms. The fraction of sp³-hybridized carbons (Fsp3) is 0.474. The number of carbonyl (C=O) groups is 1. The predicted octanol–water partition coefficient (Wildman–Crippen LogP) is 1.71. The first-order chi connectivity index (χ1) is 12.6. The SMILES string of the molecule is COCCOc1cn(-c2ccccc2)nc1C(=O)N1CC(CN)CC1C. The normalized spacial score (nSPS) is 19.7. The Labute approximate surface area is 153 Å². The molecule has 0 radical (unpaired) electrons. The molecular formula is C19H26N4O3. The summed E-state index contributed by atoms with van der Waals surface area (Å²) in [4.78, 5) is 15.0. The van der Waals surface area contributed by atoms with Gasteiger partial charge in [0, 0.05) is 19.7 Å². The summed E-state index contributed by atoms with van der Waals surface area (Å²) in [5.41, 5.74) is 6.99. The lowest BCUT2D eigenvalue weighted by atomic mass is 10.1. The number of rotatable bonds is 7. The first kappa shape index (κ1) is 18.4. The van der Waals surface area contributed by atoms with E-state index in [0.717, 1.165) is 12.1 Å². The highest BCUT2D eigenvalue weighted by Gasteiger charge is 2.34. The molecule has 1 aliphatic heterocycles. The zero-order valence-corrected chi connectivity index (χ0v) is 15.3. The lowest BCUT2D eigenvalue weighted by molar-refractivity contribution is 0.0730. The third kappa shape index (κ3) is 3.89. The number of aromatic nitrogens is 2. The number of carbonyl (C=O) groups excluding carboxylic acids is 1. The van der Waals surface area contributed by atoms with Gasteiger partial charge in [-0.3, -0.25) is 4.79 Å². The van der Waals surface area contributed by atoms with E-state index in [1.165, 1.54) is 0 Å². The number of nitrogens with zero attached hydrogens (tertiary/aromatic N) is 3. The summed E-state index contributed by atoms with van der Waals surface area (Å²) in [6.07, 6.45) is 2.67. The maximum Gasteiger partial charge on any atom is 0.278 e. The van der Waals surface area contributed by atoms with Gasteiger partial charge in [-0.2, -0.15) is 5.10 Å². The molecule has 2 atom stereocenters. The molecule has 2 heterocycles. The quantitative estimate of drug-likeness (QED) is 0.762. The average Bonchev–Trinajstić information content (AvgIpc) is 3.26. The molecule has 0 bridgehead atoms. The van der Waals surface area contributed by atoms with Gasteiger partial charge in [0.15, 0.2) is 11.4 Å². The van der Waals surface area contributed by atoms with Crippen molar-refractivity contribution in [2.75, 3.05) is 33.4 Å². The summed E-state index contributed by atoms with van der Waals surface area (Å²) in [5, 5.41) is 4.52. The van der Waals surface area contributed by atoms with Crippen LogP contribution < -0.4 is 10.5 Å². The van der Waals surface area contributed by atoms with E-state index in [9.17, 15) is 4.79 Å². The molecule has 1 aliphatic rings. The number of hydrogen-bond donors (Lipinski definition) is 1. The summed E-state index contributed by atoms with van der Waals surface area (Å²) in [7, 11) is 1.61. The van der Waals surface area contributed by atoms with Crippen molar-refractivity contribution in [1.82, 2.24) is 14.7 Å². The van der Waals surface area contributed by atoms with E-state index in [2.05, 4.69) is 5.10 Å². The van der Waals surface area contributed by atoms with Crippen LogP contribution in [0.2, 0.25) is 0 Å². The maximum atomic E-state index is 13.1. The second-order valence-corrected chi connectivity index (χ2v) is 6.61. The first-order valence-electron chi connectivity index (χ1n) is 8.92. The molecule has 0 saturated carbocycles. The van der Waals surface area contributed by atoms with Crippen LogP contribution in [-0.4, -0.2) is 60.0 Å². The topological polar surface area (TPSA) is 82.6 Å². The van der Waals surface area contributed by atoms with Gasteiger partial charge in [-0.1, -0.05) is 18.2 Å². The van der Waals surface area contributed by atoms with Crippen LogP contribution in [0.15, 0.2) is 36.5 Å². The van der Waals surface area contributed by atoms with Crippen molar-refractivity contribution < 1.29 is 14.3 Å². The minimum Gasteiger partial charge on any atom is -0.487 e. The Balaban J connectivity index is 1.88. The predicted molar refractivity (Wildman–Crippen MR) is 98.6 cm³/mol. The summed E-state index contributed by atoms with van der Waals surface area (Å²) < 4.78 is 12.5. The van der Waals surface area contributed by atoms with E-state index in [-0.39, 0.29) is 11.9 Å². The van der Waals surface area contributed by atoms with E-state index in [0.29, 0.717) is 43.7 Å². The van der Waals surface area contributed by atoms with Crippen LogP contribution in [0.5, 0.6) is 5.75 Å². The van der Waals surface area contributed by atoms with E-state index in [1.807, 2.05) is 42.2 Å². The van der Waals surface area contributed by atoms with Crippen molar-refractivity contribution in [3.8, 4) is 11.4 Å². The van der Waals surface area contributed by atoms with Gasteiger partial charge >= 0.3 is 0 Å². The Kier molecular flexibility index (Phi) is 5.90. The van der Waals surface area contributed by atoms with E-state index < -0.39 is 0 Å². The van der Waals surface area contributed by atoms with Crippen molar-refractivity contribution in [1.29, 1.82) is 0 Å². The molecule has 1 amide bonds. The molecule has 1 fully saturated rings. The molecule has 2 unspecified atom stereocenters. The van der Waals surface area contributed by atoms with Crippen molar-refractivity contribution in [3.63, 3.8) is 0 Å². The molecule has 0 spiro atoms. The Bertz CT molecular complexity index is 732. The van der Waals surface area contributed by atoms with Gasteiger partial charge in [0.2, 0.25) is 0 Å².